The molecule has 2 aromatic heterocycles. The van der Waals surface area contributed by atoms with Gasteiger partial charge in [0, 0.05) is 30.6 Å². The Kier molecular flexibility index (Phi) is 3.41. The summed E-state index contributed by atoms with van der Waals surface area (Å²) in [4.78, 5) is 19.4. The highest BCUT2D eigenvalue weighted by atomic mass is 16.3. The highest BCUT2D eigenvalue weighted by Crippen LogP contribution is 2.54. The van der Waals surface area contributed by atoms with Crippen molar-refractivity contribution >= 4 is 5.91 Å². The Labute approximate surface area is 164 Å². The third-order valence-corrected chi connectivity index (χ3v) is 6.10. The fourth-order valence-electron chi connectivity index (χ4n) is 4.45. The number of amides is 1. The number of aromatic nitrogens is 2. The van der Waals surface area contributed by atoms with Crippen molar-refractivity contribution in [2.75, 3.05) is 7.05 Å². The average Bonchev–Trinajstić information content (AvgIpc) is 3.35. The van der Waals surface area contributed by atoms with Gasteiger partial charge < -0.3 is 14.6 Å². The van der Waals surface area contributed by atoms with E-state index in [2.05, 4.69) is 23.2 Å². The predicted octanol–water partition coefficient (Wildman–Crippen LogP) is 3.84. The SMILES string of the molecule is CN1C(=O)c2cccn2-c2cc(-c3cccnc3C(C)(C)O)ccc2C12CC2. The van der Waals surface area contributed by atoms with Crippen LogP contribution in [0.2, 0.25) is 0 Å². The van der Waals surface area contributed by atoms with Crippen LogP contribution < -0.4 is 0 Å². The molecule has 1 fully saturated rings. The van der Waals surface area contributed by atoms with Gasteiger partial charge in [0.15, 0.2) is 0 Å². The molecule has 2 aliphatic rings. The number of aliphatic hydroxyl groups is 1. The molecule has 0 atom stereocenters. The first-order valence-electron chi connectivity index (χ1n) is 9.62. The Morgan fingerprint density at radius 2 is 1.93 bits per heavy atom. The van der Waals surface area contributed by atoms with Gasteiger partial charge in [0.25, 0.3) is 5.91 Å². The second kappa shape index (κ2) is 5.55. The summed E-state index contributed by atoms with van der Waals surface area (Å²) in [5.41, 5.74) is 4.16. The van der Waals surface area contributed by atoms with Crippen molar-refractivity contribution in [1.29, 1.82) is 0 Å². The van der Waals surface area contributed by atoms with Crippen LogP contribution in [0.3, 0.4) is 0 Å². The third kappa shape index (κ3) is 2.29. The van der Waals surface area contributed by atoms with Crippen LogP contribution in [0.5, 0.6) is 0 Å². The molecule has 1 aliphatic heterocycles. The number of nitrogens with zero attached hydrogens (tertiary/aromatic N) is 3. The zero-order chi connectivity index (χ0) is 19.7. The molecule has 0 saturated heterocycles. The first-order valence-corrected chi connectivity index (χ1v) is 9.62. The van der Waals surface area contributed by atoms with Crippen LogP contribution in [0, 0.1) is 0 Å². The minimum atomic E-state index is -1.05. The molecule has 5 rings (SSSR count). The standard InChI is InChI=1S/C23H23N3O2/c1-22(2,28)20-16(6-4-12-24-20)15-8-9-17-19(14-15)26-13-5-7-18(26)21(27)25(3)23(17)10-11-23/h4-9,12-14,28H,10-11H2,1-3H3. The van der Waals surface area contributed by atoms with Gasteiger partial charge in [-0.3, -0.25) is 9.78 Å². The highest BCUT2D eigenvalue weighted by molar-refractivity contribution is 5.95. The lowest BCUT2D eigenvalue weighted by Crippen LogP contribution is -2.36. The molecule has 142 valence electrons. The number of benzene rings is 1. The van der Waals surface area contributed by atoms with Crippen molar-refractivity contribution in [2.45, 2.75) is 37.8 Å². The monoisotopic (exact) mass is 373 g/mol. The Morgan fingerprint density at radius 1 is 1.14 bits per heavy atom. The molecule has 0 unspecified atom stereocenters. The molecule has 0 radical (unpaired) electrons. The highest BCUT2D eigenvalue weighted by Gasteiger charge is 2.53. The summed E-state index contributed by atoms with van der Waals surface area (Å²) < 4.78 is 1.99. The molecule has 1 spiro atoms. The van der Waals surface area contributed by atoms with Gasteiger partial charge in [0.2, 0.25) is 0 Å². The van der Waals surface area contributed by atoms with Crippen molar-refractivity contribution < 1.29 is 9.90 Å². The second-order valence-electron chi connectivity index (χ2n) is 8.35. The van der Waals surface area contributed by atoms with E-state index >= 15 is 0 Å². The molecular weight excluding hydrogens is 350 g/mol. The maximum Gasteiger partial charge on any atom is 0.271 e. The number of carbonyl (C=O) groups is 1. The first-order chi connectivity index (χ1) is 13.3. The molecular formula is C23H23N3O2. The van der Waals surface area contributed by atoms with E-state index in [1.807, 2.05) is 47.0 Å². The fourth-order valence-corrected chi connectivity index (χ4v) is 4.45. The summed E-state index contributed by atoms with van der Waals surface area (Å²) in [7, 11) is 1.91. The maximum atomic E-state index is 13.0. The van der Waals surface area contributed by atoms with Gasteiger partial charge in [-0.25, -0.2) is 0 Å². The maximum absolute atomic E-state index is 13.0. The largest absolute Gasteiger partial charge is 0.384 e. The number of hydrogen-bond acceptors (Lipinski definition) is 3. The van der Waals surface area contributed by atoms with Crippen LogP contribution in [-0.2, 0) is 11.1 Å². The summed E-state index contributed by atoms with van der Waals surface area (Å²) in [6.07, 6.45) is 5.62. The van der Waals surface area contributed by atoms with Crippen molar-refractivity contribution in [3.8, 4) is 16.8 Å². The van der Waals surface area contributed by atoms with Crippen molar-refractivity contribution in [3.05, 3.63) is 71.8 Å². The molecule has 3 aromatic rings. The topological polar surface area (TPSA) is 58.4 Å². The molecule has 1 aliphatic carbocycles. The van der Waals surface area contributed by atoms with E-state index in [4.69, 9.17) is 0 Å². The van der Waals surface area contributed by atoms with E-state index in [-0.39, 0.29) is 11.4 Å². The van der Waals surface area contributed by atoms with E-state index < -0.39 is 5.60 Å². The van der Waals surface area contributed by atoms with E-state index in [9.17, 15) is 9.90 Å². The first kappa shape index (κ1) is 17.2. The molecule has 0 bridgehead atoms. The van der Waals surface area contributed by atoms with Gasteiger partial charge in [-0.15, -0.1) is 0 Å². The molecule has 1 saturated carbocycles. The van der Waals surface area contributed by atoms with E-state index in [0.29, 0.717) is 11.4 Å². The van der Waals surface area contributed by atoms with Crippen LogP contribution in [0.25, 0.3) is 16.8 Å². The summed E-state index contributed by atoms with van der Waals surface area (Å²) in [6.45, 7) is 3.50. The number of carbonyl (C=O) groups excluding carboxylic acids is 1. The third-order valence-electron chi connectivity index (χ3n) is 6.10. The van der Waals surface area contributed by atoms with Gasteiger partial charge in [-0.2, -0.15) is 0 Å². The summed E-state index contributed by atoms with van der Waals surface area (Å²) >= 11 is 0. The number of pyridine rings is 1. The van der Waals surface area contributed by atoms with Gasteiger partial charge in [-0.1, -0.05) is 18.2 Å². The van der Waals surface area contributed by atoms with Crippen molar-refractivity contribution in [1.82, 2.24) is 14.5 Å². The molecule has 5 nitrogen and oxygen atoms in total. The van der Waals surface area contributed by atoms with Crippen LogP contribution in [0.4, 0.5) is 0 Å². The van der Waals surface area contributed by atoms with E-state index in [1.165, 1.54) is 5.56 Å². The Hall–Kier alpha value is -2.92. The van der Waals surface area contributed by atoms with Gasteiger partial charge >= 0.3 is 0 Å². The quantitative estimate of drug-likeness (QED) is 0.742. The number of fused-ring (bicyclic) bond motifs is 4. The van der Waals surface area contributed by atoms with Gasteiger partial charge in [-0.05, 0) is 56.5 Å². The van der Waals surface area contributed by atoms with Crippen LogP contribution in [0.15, 0.2) is 54.9 Å². The minimum absolute atomic E-state index is 0.0545. The molecule has 1 aromatic carbocycles. The minimum Gasteiger partial charge on any atom is -0.384 e. The Bertz CT molecular complexity index is 1100. The molecule has 1 N–H and O–H groups in total. The Morgan fingerprint density at radius 3 is 2.64 bits per heavy atom. The Balaban J connectivity index is 1.76. The molecule has 5 heteroatoms. The lowest BCUT2D eigenvalue weighted by molar-refractivity contribution is 0.0704. The van der Waals surface area contributed by atoms with E-state index in [1.54, 1.807) is 20.0 Å². The lowest BCUT2D eigenvalue weighted by atomic mass is 9.92. The summed E-state index contributed by atoms with van der Waals surface area (Å²) in [6, 6.07) is 14.0. The van der Waals surface area contributed by atoms with Crippen LogP contribution in [0.1, 0.15) is 48.4 Å². The zero-order valence-electron chi connectivity index (χ0n) is 16.3. The molecule has 28 heavy (non-hydrogen) atoms. The number of hydrogen-bond donors (Lipinski definition) is 1. The van der Waals surface area contributed by atoms with Crippen molar-refractivity contribution in [2.24, 2.45) is 0 Å². The normalized spacial score (nSPS) is 17.3. The van der Waals surface area contributed by atoms with E-state index in [0.717, 1.165) is 29.7 Å². The van der Waals surface area contributed by atoms with Crippen LogP contribution >= 0.6 is 0 Å². The fraction of sp³-hybridized carbons (Fsp3) is 0.304. The van der Waals surface area contributed by atoms with Crippen LogP contribution in [-0.4, -0.2) is 32.5 Å². The second-order valence-corrected chi connectivity index (χ2v) is 8.35. The smallest absolute Gasteiger partial charge is 0.271 e. The van der Waals surface area contributed by atoms with Gasteiger partial charge in [0.05, 0.1) is 16.9 Å². The molecule has 3 heterocycles. The zero-order valence-corrected chi connectivity index (χ0v) is 16.3. The summed E-state index contributed by atoms with van der Waals surface area (Å²) in [5, 5.41) is 10.6. The lowest BCUT2D eigenvalue weighted by Gasteiger charge is -2.27. The number of rotatable bonds is 2. The molecule has 1 amide bonds. The summed E-state index contributed by atoms with van der Waals surface area (Å²) in [5.74, 6) is 0.0545. The van der Waals surface area contributed by atoms with Crippen molar-refractivity contribution in [3.63, 3.8) is 0 Å². The van der Waals surface area contributed by atoms with Gasteiger partial charge in [0.1, 0.15) is 11.3 Å². The predicted molar refractivity (Wildman–Crippen MR) is 107 cm³/mol. The average molecular weight is 373 g/mol.